The zero-order valence-corrected chi connectivity index (χ0v) is 14.3. The number of nitrogens with one attached hydrogen (secondary N) is 1. The number of carbonyl (C=O) groups excluding carboxylic acids is 1. The molecule has 2 aliphatic heterocycles. The number of carbonyl (C=O) groups is 1. The first kappa shape index (κ1) is 15.9. The van der Waals surface area contributed by atoms with Crippen molar-refractivity contribution in [3.63, 3.8) is 0 Å². The zero-order valence-electron chi connectivity index (χ0n) is 13.4. The zero-order chi connectivity index (χ0) is 17.4. The van der Waals surface area contributed by atoms with E-state index >= 15 is 0 Å². The average molecular weight is 355 g/mol. The quantitative estimate of drug-likeness (QED) is 0.898. The molecule has 128 valence electrons. The highest BCUT2D eigenvalue weighted by molar-refractivity contribution is 7.91. The Morgan fingerprint density at radius 2 is 1.84 bits per heavy atom. The highest BCUT2D eigenvalue weighted by Gasteiger charge is 2.31. The number of benzene rings is 2. The van der Waals surface area contributed by atoms with Crippen molar-refractivity contribution in [2.24, 2.45) is 0 Å². The lowest BCUT2D eigenvalue weighted by Crippen LogP contribution is -2.36. The maximum Gasteiger partial charge on any atom is 0.251 e. The largest absolute Gasteiger partial charge is 0.488 e. The molecule has 1 N–H and O–H groups in total. The van der Waals surface area contributed by atoms with Gasteiger partial charge in [-0.25, -0.2) is 8.42 Å². The van der Waals surface area contributed by atoms with Crippen molar-refractivity contribution in [3.8, 4) is 5.75 Å². The van der Waals surface area contributed by atoms with Gasteiger partial charge in [-0.15, -0.1) is 0 Å². The van der Waals surface area contributed by atoms with Crippen LogP contribution in [0.25, 0.3) is 6.08 Å². The molecule has 4 rings (SSSR count). The van der Waals surface area contributed by atoms with Gasteiger partial charge in [0.1, 0.15) is 12.4 Å². The molecule has 2 heterocycles. The summed E-state index contributed by atoms with van der Waals surface area (Å²) >= 11 is 0. The second-order valence-electron chi connectivity index (χ2n) is 6.17. The Hall–Kier alpha value is -2.60. The first-order valence-corrected chi connectivity index (χ1v) is 9.75. The van der Waals surface area contributed by atoms with Gasteiger partial charge in [0.05, 0.1) is 22.3 Å². The minimum Gasteiger partial charge on any atom is -0.488 e. The van der Waals surface area contributed by atoms with Crippen molar-refractivity contribution >= 4 is 21.8 Å². The highest BCUT2D eigenvalue weighted by atomic mass is 32.2. The van der Waals surface area contributed by atoms with Crippen LogP contribution in [0.5, 0.6) is 5.75 Å². The normalized spacial score (nSPS) is 20.5. The summed E-state index contributed by atoms with van der Waals surface area (Å²) in [5.41, 5.74) is 2.05. The van der Waals surface area contributed by atoms with E-state index in [4.69, 9.17) is 4.74 Å². The van der Waals surface area contributed by atoms with Gasteiger partial charge in [-0.2, -0.15) is 0 Å². The Kier molecular flexibility index (Phi) is 3.84. The van der Waals surface area contributed by atoms with E-state index in [1.807, 2.05) is 30.3 Å². The van der Waals surface area contributed by atoms with Crippen LogP contribution in [0.4, 0.5) is 0 Å². The summed E-state index contributed by atoms with van der Waals surface area (Å²) in [7, 11) is -3.27. The van der Waals surface area contributed by atoms with Gasteiger partial charge in [-0.05, 0) is 30.2 Å². The molecule has 2 aliphatic rings. The molecule has 0 radical (unpaired) electrons. The van der Waals surface area contributed by atoms with Gasteiger partial charge in [0.15, 0.2) is 9.84 Å². The second kappa shape index (κ2) is 6.04. The monoisotopic (exact) mass is 355 g/mol. The second-order valence-corrected chi connectivity index (χ2v) is 8.25. The van der Waals surface area contributed by atoms with Crippen LogP contribution in [0, 0.1) is 0 Å². The summed E-state index contributed by atoms with van der Waals surface area (Å²) < 4.78 is 30.0. The van der Waals surface area contributed by atoms with Crippen molar-refractivity contribution in [2.75, 3.05) is 12.4 Å². The molecule has 0 fully saturated rings. The lowest BCUT2D eigenvalue weighted by molar-refractivity contribution is -0.118. The van der Waals surface area contributed by atoms with Crippen LogP contribution in [0.1, 0.15) is 23.6 Å². The molecule has 0 aliphatic carbocycles. The summed E-state index contributed by atoms with van der Waals surface area (Å²) in [5, 5.41) is 2.96. The summed E-state index contributed by atoms with van der Waals surface area (Å²) in [6, 6.07) is 14.1. The van der Waals surface area contributed by atoms with E-state index < -0.39 is 9.84 Å². The first-order chi connectivity index (χ1) is 12.0. The van der Waals surface area contributed by atoms with Gasteiger partial charge in [0, 0.05) is 5.56 Å². The Morgan fingerprint density at radius 3 is 2.72 bits per heavy atom. The molecule has 6 heteroatoms. The molecule has 2 aromatic rings. The molecular formula is C19H17NO4S. The van der Waals surface area contributed by atoms with Crippen molar-refractivity contribution in [2.45, 2.75) is 17.4 Å². The lowest BCUT2D eigenvalue weighted by atomic mass is 10.0. The molecule has 1 atom stereocenters. The standard InChI is InChI=1S/C19H17NO4S/c21-19(14-11-13-5-1-3-7-17(13)24-12-14)20-16-9-10-25(22,23)18-8-4-2-6-15(16)18/h1-8,11,16H,9-10,12H2,(H,20,21). The summed E-state index contributed by atoms with van der Waals surface area (Å²) in [6.07, 6.45) is 2.19. The molecule has 2 aromatic carbocycles. The Balaban J connectivity index is 1.59. The maximum absolute atomic E-state index is 12.6. The SMILES string of the molecule is O=C(NC1CCS(=O)(=O)c2ccccc21)C1=Cc2ccccc2OC1. The van der Waals surface area contributed by atoms with Crippen LogP contribution in [0.3, 0.4) is 0 Å². The fourth-order valence-corrected chi connectivity index (χ4v) is 4.86. The first-order valence-electron chi connectivity index (χ1n) is 8.09. The molecule has 0 saturated carbocycles. The maximum atomic E-state index is 12.6. The minimum atomic E-state index is -3.27. The third-order valence-electron chi connectivity index (χ3n) is 4.53. The van der Waals surface area contributed by atoms with E-state index in [-0.39, 0.29) is 24.3 Å². The minimum absolute atomic E-state index is 0.0351. The average Bonchev–Trinajstić information content (AvgIpc) is 2.64. The topological polar surface area (TPSA) is 72.5 Å². The van der Waals surface area contributed by atoms with E-state index in [1.165, 1.54) is 0 Å². The fourth-order valence-electron chi connectivity index (χ4n) is 3.24. The molecule has 0 aromatic heterocycles. The van der Waals surface area contributed by atoms with E-state index in [0.717, 1.165) is 11.3 Å². The third kappa shape index (κ3) is 2.93. The molecular weight excluding hydrogens is 338 g/mol. The Morgan fingerprint density at radius 1 is 1.08 bits per heavy atom. The van der Waals surface area contributed by atoms with Gasteiger partial charge in [0.2, 0.25) is 0 Å². The van der Waals surface area contributed by atoms with E-state index in [1.54, 1.807) is 24.3 Å². The van der Waals surface area contributed by atoms with Gasteiger partial charge >= 0.3 is 0 Å². The number of rotatable bonds is 2. The van der Waals surface area contributed by atoms with Crippen LogP contribution in [0.15, 0.2) is 59.0 Å². The number of ether oxygens (including phenoxy) is 1. The van der Waals surface area contributed by atoms with Crippen molar-refractivity contribution < 1.29 is 17.9 Å². The summed E-state index contributed by atoms with van der Waals surface area (Å²) in [6.45, 7) is 0.204. The van der Waals surface area contributed by atoms with E-state index in [2.05, 4.69) is 5.32 Å². The molecule has 25 heavy (non-hydrogen) atoms. The molecule has 1 unspecified atom stereocenters. The molecule has 0 saturated heterocycles. The number of amides is 1. The van der Waals surface area contributed by atoms with Gasteiger partial charge < -0.3 is 10.1 Å². The third-order valence-corrected chi connectivity index (χ3v) is 6.35. The number of hydrogen-bond donors (Lipinski definition) is 1. The predicted molar refractivity (Wildman–Crippen MR) is 93.9 cm³/mol. The van der Waals surface area contributed by atoms with Crippen molar-refractivity contribution in [3.05, 3.63) is 65.2 Å². The molecule has 5 nitrogen and oxygen atoms in total. The summed E-state index contributed by atoms with van der Waals surface area (Å²) in [4.78, 5) is 12.9. The number of hydrogen-bond acceptors (Lipinski definition) is 4. The number of fused-ring (bicyclic) bond motifs is 2. The Labute approximate surface area is 146 Å². The van der Waals surface area contributed by atoms with Crippen LogP contribution >= 0.6 is 0 Å². The summed E-state index contributed by atoms with van der Waals surface area (Å²) in [5.74, 6) is 0.564. The van der Waals surface area contributed by atoms with E-state index in [0.29, 0.717) is 22.5 Å². The van der Waals surface area contributed by atoms with Crippen LogP contribution in [-0.2, 0) is 14.6 Å². The number of sulfone groups is 1. The van der Waals surface area contributed by atoms with Gasteiger partial charge in [-0.3, -0.25) is 4.79 Å². The highest BCUT2D eigenvalue weighted by Crippen LogP contribution is 2.32. The van der Waals surface area contributed by atoms with E-state index in [9.17, 15) is 13.2 Å². The van der Waals surface area contributed by atoms with Gasteiger partial charge in [0.25, 0.3) is 5.91 Å². The number of para-hydroxylation sites is 1. The fraction of sp³-hybridized carbons (Fsp3) is 0.211. The van der Waals surface area contributed by atoms with Crippen molar-refractivity contribution in [1.29, 1.82) is 0 Å². The van der Waals surface area contributed by atoms with Crippen molar-refractivity contribution in [1.82, 2.24) is 5.32 Å². The molecule has 0 spiro atoms. The molecule has 0 bridgehead atoms. The predicted octanol–water partition coefficient (Wildman–Crippen LogP) is 2.50. The van der Waals surface area contributed by atoms with Crippen LogP contribution in [0.2, 0.25) is 0 Å². The van der Waals surface area contributed by atoms with Crippen LogP contribution in [-0.4, -0.2) is 26.7 Å². The van der Waals surface area contributed by atoms with Gasteiger partial charge in [-0.1, -0.05) is 36.4 Å². The lowest BCUT2D eigenvalue weighted by Gasteiger charge is -2.27. The Bertz CT molecular complexity index is 978. The van der Waals surface area contributed by atoms with Crippen LogP contribution < -0.4 is 10.1 Å². The smallest absolute Gasteiger partial charge is 0.251 e. The molecule has 1 amide bonds.